The van der Waals surface area contributed by atoms with Crippen molar-refractivity contribution in [1.82, 2.24) is 4.98 Å². The lowest BCUT2D eigenvalue weighted by Crippen LogP contribution is -2.67. The molecule has 3 unspecified atom stereocenters. The van der Waals surface area contributed by atoms with Crippen molar-refractivity contribution in [1.29, 1.82) is 0 Å². The van der Waals surface area contributed by atoms with Crippen LogP contribution in [0.5, 0.6) is 0 Å². The predicted octanol–water partition coefficient (Wildman–Crippen LogP) is 7.47. The minimum atomic E-state index is -0.519. The third kappa shape index (κ3) is 4.89. The van der Waals surface area contributed by atoms with Gasteiger partial charge in [0, 0.05) is 35.9 Å². The lowest BCUT2D eigenvalue weighted by atomic mass is 9.71. The standard InChI is InChI=1S/C34H45N2O/c1-8-24-22-36(21-23-17-26(33(2,3)4)20-27(18-23)34(5,6)7)16-14-25(24)19-31(36)32(37)29-13-15-35-30-12-10-9-11-28(29)30/h8-13,15,17-18,20,24-25,31-32,37H,1,14,16,19,21-22H2,2-7H3/q+1/t24?,25?,31-,32-,36?/m1/s1. The van der Waals surface area contributed by atoms with Gasteiger partial charge in [0.2, 0.25) is 0 Å². The molecule has 37 heavy (non-hydrogen) atoms. The average molecular weight is 498 g/mol. The van der Waals surface area contributed by atoms with Crippen LogP contribution in [-0.2, 0) is 17.4 Å². The van der Waals surface area contributed by atoms with E-state index in [2.05, 4.69) is 89.5 Å². The molecule has 3 aromatic rings. The highest BCUT2D eigenvalue weighted by Gasteiger charge is 2.54. The SMILES string of the molecule is C=CC1C[N+]2(Cc3cc(C(C)(C)C)cc(C(C)(C)C)c3)CCC1C[C@@H]2[C@H](O)c1ccnc2ccccc12. The Bertz CT molecular complexity index is 1260. The van der Waals surface area contributed by atoms with Crippen molar-refractivity contribution >= 4 is 10.9 Å². The van der Waals surface area contributed by atoms with Crippen LogP contribution in [0.25, 0.3) is 10.9 Å². The normalized spacial score (nSPS) is 26.8. The van der Waals surface area contributed by atoms with Gasteiger partial charge in [0.15, 0.2) is 0 Å². The molecular weight excluding hydrogens is 452 g/mol. The first-order valence-electron chi connectivity index (χ1n) is 14.1. The molecule has 196 valence electrons. The van der Waals surface area contributed by atoms with Crippen molar-refractivity contribution < 1.29 is 9.59 Å². The van der Waals surface area contributed by atoms with Crippen molar-refractivity contribution in [2.75, 3.05) is 13.1 Å². The molecule has 4 heterocycles. The van der Waals surface area contributed by atoms with E-state index >= 15 is 0 Å². The number of nitrogens with zero attached hydrogens (tertiary/aromatic N) is 2. The molecule has 2 bridgehead atoms. The molecule has 0 saturated carbocycles. The maximum Gasteiger partial charge on any atom is 0.131 e. The molecule has 3 heteroatoms. The van der Waals surface area contributed by atoms with Crippen molar-refractivity contribution in [2.45, 2.75) is 83.9 Å². The number of aromatic nitrogens is 1. The zero-order valence-electron chi connectivity index (χ0n) is 23.7. The number of piperidine rings is 3. The summed E-state index contributed by atoms with van der Waals surface area (Å²) in [4.78, 5) is 4.56. The summed E-state index contributed by atoms with van der Waals surface area (Å²) in [6.07, 6.45) is 5.78. The van der Waals surface area contributed by atoms with E-state index in [-0.39, 0.29) is 16.9 Å². The van der Waals surface area contributed by atoms with Crippen molar-refractivity contribution in [3.8, 4) is 0 Å². The number of aliphatic hydroxyl groups is 1. The van der Waals surface area contributed by atoms with Crippen molar-refractivity contribution in [2.24, 2.45) is 11.8 Å². The topological polar surface area (TPSA) is 33.1 Å². The minimum absolute atomic E-state index is 0.0867. The smallest absolute Gasteiger partial charge is 0.131 e. The van der Waals surface area contributed by atoms with Gasteiger partial charge in [0.1, 0.15) is 18.7 Å². The largest absolute Gasteiger partial charge is 0.382 e. The van der Waals surface area contributed by atoms with E-state index in [1.54, 1.807) is 0 Å². The molecule has 3 fully saturated rings. The van der Waals surface area contributed by atoms with E-state index in [1.807, 2.05) is 24.4 Å². The molecule has 5 atom stereocenters. The van der Waals surface area contributed by atoms with Gasteiger partial charge in [-0.3, -0.25) is 4.98 Å². The van der Waals surface area contributed by atoms with Crippen LogP contribution >= 0.6 is 0 Å². The van der Waals surface area contributed by atoms with Crippen LogP contribution in [0.15, 0.2) is 67.4 Å². The lowest BCUT2D eigenvalue weighted by Gasteiger charge is -2.58. The lowest BCUT2D eigenvalue weighted by molar-refractivity contribution is -0.984. The van der Waals surface area contributed by atoms with Gasteiger partial charge in [-0.1, -0.05) is 71.9 Å². The molecule has 6 rings (SSSR count). The van der Waals surface area contributed by atoms with Crippen LogP contribution in [0.4, 0.5) is 0 Å². The van der Waals surface area contributed by atoms with Crippen molar-refractivity contribution in [3.63, 3.8) is 0 Å². The quantitative estimate of drug-likeness (QED) is 0.293. The third-order valence-corrected chi connectivity index (χ3v) is 9.26. The summed E-state index contributed by atoms with van der Waals surface area (Å²) >= 11 is 0. The number of para-hydroxylation sites is 1. The molecule has 0 spiro atoms. The maximum absolute atomic E-state index is 12.1. The number of aliphatic hydroxyl groups excluding tert-OH is 1. The van der Waals surface area contributed by atoms with Gasteiger partial charge in [-0.05, 0) is 57.7 Å². The minimum Gasteiger partial charge on any atom is -0.382 e. The molecule has 3 aliphatic heterocycles. The molecule has 3 aliphatic rings. The van der Waals surface area contributed by atoms with Gasteiger partial charge in [-0.15, -0.1) is 6.58 Å². The summed E-state index contributed by atoms with van der Waals surface area (Å²) in [6.45, 7) is 21.2. The Balaban J connectivity index is 1.59. The van der Waals surface area contributed by atoms with Crippen LogP contribution in [0, 0.1) is 11.8 Å². The molecule has 1 aromatic heterocycles. The number of quaternary nitrogens is 1. The molecule has 2 aromatic carbocycles. The summed E-state index contributed by atoms with van der Waals surface area (Å²) < 4.78 is 0.933. The van der Waals surface area contributed by atoms with Gasteiger partial charge >= 0.3 is 0 Å². The number of pyridine rings is 1. The van der Waals surface area contributed by atoms with E-state index in [9.17, 15) is 5.11 Å². The molecule has 3 nitrogen and oxygen atoms in total. The molecule has 0 radical (unpaired) electrons. The predicted molar refractivity (Wildman–Crippen MR) is 154 cm³/mol. The zero-order chi connectivity index (χ0) is 26.6. The Labute approximate surface area is 223 Å². The van der Waals surface area contributed by atoms with Gasteiger partial charge < -0.3 is 9.59 Å². The molecule has 0 amide bonds. The Hall–Kier alpha value is -2.49. The number of fused-ring (bicyclic) bond motifs is 4. The fourth-order valence-electron chi connectivity index (χ4n) is 6.98. The van der Waals surface area contributed by atoms with E-state index in [4.69, 9.17) is 0 Å². The van der Waals surface area contributed by atoms with E-state index in [0.29, 0.717) is 11.8 Å². The van der Waals surface area contributed by atoms with Crippen LogP contribution in [0.3, 0.4) is 0 Å². The van der Waals surface area contributed by atoms with Crippen LogP contribution < -0.4 is 0 Å². The zero-order valence-corrected chi connectivity index (χ0v) is 23.7. The molecular formula is C34H45N2O+. The Morgan fingerprint density at radius 3 is 2.35 bits per heavy atom. The van der Waals surface area contributed by atoms with Gasteiger partial charge in [0.05, 0.1) is 18.6 Å². The first kappa shape index (κ1) is 26.1. The van der Waals surface area contributed by atoms with E-state index in [0.717, 1.165) is 47.0 Å². The van der Waals surface area contributed by atoms with Crippen molar-refractivity contribution in [3.05, 3.63) is 89.6 Å². The first-order chi connectivity index (χ1) is 17.4. The second kappa shape index (κ2) is 9.36. The average Bonchev–Trinajstić information content (AvgIpc) is 2.86. The summed E-state index contributed by atoms with van der Waals surface area (Å²) in [5, 5.41) is 13.1. The highest BCUT2D eigenvalue weighted by molar-refractivity contribution is 5.82. The number of hydrogen-bond donors (Lipinski definition) is 1. The highest BCUT2D eigenvalue weighted by Crippen LogP contribution is 2.48. The molecule has 0 aliphatic carbocycles. The molecule has 1 N–H and O–H groups in total. The first-order valence-corrected chi connectivity index (χ1v) is 14.1. The summed E-state index contributed by atoms with van der Waals surface area (Å²) in [5.41, 5.74) is 6.35. The Kier molecular flexibility index (Phi) is 6.61. The molecule has 3 saturated heterocycles. The van der Waals surface area contributed by atoms with Crippen LogP contribution in [0.1, 0.15) is 82.7 Å². The van der Waals surface area contributed by atoms with Gasteiger partial charge in [-0.25, -0.2) is 0 Å². The Morgan fingerprint density at radius 1 is 1.03 bits per heavy atom. The van der Waals surface area contributed by atoms with Gasteiger partial charge in [-0.2, -0.15) is 0 Å². The second-order valence-electron chi connectivity index (χ2n) is 13.8. The fraction of sp³-hybridized carbons (Fsp3) is 0.500. The van der Waals surface area contributed by atoms with Gasteiger partial charge in [0.25, 0.3) is 0 Å². The van der Waals surface area contributed by atoms with E-state index < -0.39 is 6.10 Å². The fourth-order valence-corrected chi connectivity index (χ4v) is 6.98. The van der Waals surface area contributed by atoms with E-state index in [1.165, 1.54) is 23.1 Å². The summed E-state index contributed by atoms with van der Waals surface area (Å²) in [6, 6.07) is 17.7. The third-order valence-electron chi connectivity index (χ3n) is 9.26. The maximum atomic E-state index is 12.1. The van der Waals surface area contributed by atoms with Crippen LogP contribution in [0.2, 0.25) is 0 Å². The Morgan fingerprint density at radius 2 is 1.70 bits per heavy atom. The monoisotopic (exact) mass is 497 g/mol. The second-order valence-corrected chi connectivity index (χ2v) is 13.8. The number of hydrogen-bond acceptors (Lipinski definition) is 2. The highest BCUT2D eigenvalue weighted by atomic mass is 16.3. The number of benzene rings is 2. The summed E-state index contributed by atoms with van der Waals surface area (Å²) in [5.74, 6) is 1.12. The summed E-state index contributed by atoms with van der Waals surface area (Å²) in [7, 11) is 0. The van der Waals surface area contributed by atoms with Crippen LogP contribution in [-0.4, -0.2) is 33.7 Å². The number of rotatable bonds is 5.